The molecule has 1 unspecified atom stereocenters. The first-order chi connectivity index (χ1) is 11.4. The normalized spacial score (nSPS) is 11.6. The second-order valence-corrected chi connectivity index (χ2v) is 5.60. The summed E-state index contributed by atoms with van der Waals surface area (Å²) < 4.78 is 5.72. The predicted octanol–water partition coefficient (Wildman–Crippen LogP) is 4.12. The molecule has 0 fully saturated rings. The van der Waals surface area contributed by atoms with Crippen LogP contribution in [-0.4, -0.2) is 23.1 Å². The number of carbonyl (C=O) groups is 2. The van der Waals surface area contributed by atoms with Crippen LogP contribution in [0, 0.1) is 6.92 Å². The van der Waals surface area contributed by atoms with Crippen LogP contribution in [0.2, 0.25) is 0 Å². The SMILES string of the molecule is CCC(C)Oc1cccc(C(=O)Nc2cccc(C(=O)O)c2C)c1. The first-order valence-electron chi connectivity index (χ1n) is 7.83. The predicted molar refractivity (Wildman–Crippen MR) is 92.9 cm³/mol. The van der Waals surface area contributed by atoms with E-state index in [1.54, 1.807) is 43.3 Å². The molecular formula is C19H21NO4. The standard InChI is InChI=1S/C19H21NO4/c1-4-12(2)24-15-8-5-7-14(11-15)18(21)20-17-10-6-9-16(13(17)3)19(22)23/h5-12H,4H2,1-3H3,(H,20,21)(H,22,23). The number of aromatic carboxylic acids is 1. The molecule has 0 aromatic heterocycles. The molecule has 0 aliphatic carbocycles. The van der Waals surface area contributed by atoms with Gasteiger partial charge in [0.25, 0.3) is 5.91 Å². The fourth-order valence-corrected chi connectivity index (χ4v) is 2.22. The lowest BCUT2D eigenvalue weighted by Crippen LogP contribution is -2.15. The van der Waals surface area contributed by atoms with Gasteiger partial charge in [-0.05, 0) is 56.2 Å². The van der Waals surface area contributed by atoms with E-state index in [9.17, 15) is 9.59 Å². The zero-order valence-corrected chi connectivity index (χ0v) is 14.0. The van der Waals surface area contributed by atoms with Gasteiger partial charge in [-0.2, -0.15) is 0 Å². The molecular weight excluding hydrogens is 306 g/mol. The minimum atomic E-state index is -1.02. The van der Waals surface area contributed by atoms with E-state index in [0.717, 1.165) is 6.42 Å². The highest BCUT2D eigenvalue weighted by Gasteiger charge is 2.13. The summed E-state index contributed by atoms with van der Waals surface area (Å²) in [5, 5.41) is 11.9. The highest BCUT2D eigenvalue weighted by molar-refractivity contribution is 6.05. The molecule has 0 bridgehead atoms. The Morgan fingerprint density at radius 3 is 2.58 bits per heavy atom. The van der Waals surface area contributed by atoms with E-state index >= 15 is 0 Å². The lowest BCUT2D eigenvalue weighted by Gasteiger charge is -2.14. The lowest BCUT2D eigenvalue weighted by molar-refractivity contribution is 0.0695. The Morgan fingerprint density at radius 2 is 1.92 bits per heavy atom. The molecule has 2 aromatic carbocycles. The molecule has 2 N–H and O–H groups in total. The van der Waals surface area contributed by atoms with Gasteiger partial charge in [0, 0.05) is 11.3 Å². The number of anilines is 1. The number of amides is 1. The summed E-state index contributed by atoms with van der Waals surface area (Å²) in [6.07, 6.45) is 0.940. The molecule has 24 heavy (non-hydrogen) atoms. The molecule has 1 amide bonds. The summed E-state index contributed by atoms with van der Waals surface area (Å²) in [6, 6.07) is 11.7. The van der Waals surface area contributed by atoms with Crippen molar-refractivity contribution < 1.29 is 19.4 Å². The molecule has 126 valence electrons. The average Bonchev–Trinajstić information content (AvgIpc) is 2.56. The van der Waals surface area contributed by atoms with Gasteiger partial charge in [-0.3, -0.25) is 4.79 Å². The van der Waals surface area contributed by atoms with Crippen LogP contribution in [-0.2, 0) is 0 Å². The number of ether oxygens (including phenoxy) is 1. The molecule has 0 aliphatic rings. The second-order valence-electron chi connectivity index (χ2n) is 5.60. The molecule has 2 aromatic rings. The molecule has 0 spiro atoms. The Labute approximate surface area is 141 Å². The Bertz CT molecular complexity index is 755. The van der Waals surface area contributed by atoms with Crippen LogP contribution in [0.25, 0.3) is 0 Å². The highest BCUT2D eigenvalue weighted by Crippen LogP contribution is 2.21. The number of benzene rings is 2. The summed E-state index contributed by atoms with van der Waals surface area (Å²) in [4.78, 5) is 23.6. The molecule has 0 aliphatic heterocycles. The van der Waals surface area contributed by atoms with Gasteiger partial charge >= 0.3 is 5.97 Å². The third-order valence-electron chi connectivity index (χ3n) is 3.82. The van der Waals surface area contributed by atoms with E-state index < -0.39 is 5.97 Å². The molecule has 5 nitrogen and oxygen atoms in total. The maximum Gasteiger partial charge on any atom is 0.336 e. The van der Waals surface area contributed by atoms with Gasteiger partial charge < -0.3 is 15.2 Å². The fourth-order valence-electron chi connectivity index (χ4n) is 2.22. The maximum absolute atomic E-state index is 12.4. The van der Waals surface area contributed by atoms with Crippen molar-refractivity contribution in [3.8, 4) is 5.75 Å². The van der Waals surface area contributed by atoms with E-state index in [1.165, 1.54) is 6.07 Å². The van der Waals surface area contributed by atoms with Crippen LogP contribution in [0.4, 0.5) is 5.69 Å². The van der Waals surface area contributed by atoms with Crippen molar-refractivity contribution in [2.75, 3.05) is 5.32 Å². The maximum atomic E-state index is 12.4. The number of hydrogen-bond acceptors (Lipinski definition) is 3. The lowest BCUT2D eigenvalue weighted by atomic mass is 10.1. The second kappa shape index (κ2) is 7.64. The molecule has 0 heterocycles. The topological polar surface area (TPSA) is 75.6 Å². The van der Waals surface area contributed by atoms with Gasteiger partial charge in [0.05, 0.1) is 11.7 Å². The van der Waals surface area contributed by atoms with Crippen molar-refractivity contribution in [1.82, 2.24) is 0 Å². The van der Waals surface area contributed by atoms with Crippen LogP contribution in [0.5, 0.6) is 5.75 Å². The van der Waals surface area contributed by atoms with E-state index in [2.05, 4.69) is 5.32 Å². The van der Waals surface area contributed by atoms with E-state index in [4.69, 9.17) is 9.84 Å². The summed E-state index contributed by atoms with van der Waals surface area (Å²) in [6.45, 7) is 5.66. The first-order valence-corrected chi connectivity index (χ1v) is 7.83. The summed E-state index contributed by atoms with van der Waals surface area (Å²) in [7, 11) is 0. The van der Waals surface area contributed by atoms with Crippen molar-refractivity contribution in [2.24, 2.45) is 0 Å². The fraction of sp³-hybridized carbons (Fsp3) is 0.263. The van der Waals surface area contributed by atoms with Gasteiger partial charge in [0.15, 0.2) is 0 Å². The third-order valence-corrected chi connectivity index (χ3v) is 3.82. The summed E-state index contributed by atoms with van der Waals surface area (Å²) in [5.74, 6) is -0.698. The monoisotopic (exact) mass is 327 g/mol. The summed E-state index contributed by atoms with van der Waals surface area (Å²) in [5.41, 5.74) is 1.62. The molecule has 5 heteroatoms. The molecule has 0 saturated heterocycles. The smallest absolute Gasteiger partial charge is 0.336 e. The van der Waals surface area contributed by atoms with Gasteiger partial charge in [0.1, 0.15) is 5.75 Å². The van der Waals surface area contributed by atoms with E-state index in [-0.39, 0.29) is 17.6 Å². The quantitative estimate of drug-likeness (QED) is 0.836. The Kier molecular flexibility index (Phi) is 5.58. The van der Waals surface area contributed by atoms with Crippen LogP contribution in [0.1, 0.15) is 46.5 Å². The number of carboxylic acid groups (broad SMARTS) is 1. The van der Waals surface area contributed by atoms with Gasteiger partial charge in [0.2, 0.25) is 0 Å². The Hall–Kier alpha value is -2.82. The molecule has 0 saturated carbocycles. The van der Waals surface area contributed by atoms with Crippen molar-refractivity contribution in [2.45, 2.75) is 33.3 Å². The van der Waals surface area contributed by atoms with E-state index in [0.29, 0.717) is 22.6 Å². The summed E-state index contributed by atoms with van der Waals surface area (Å²) >= 11 is 0. The number of carbonyl (C=O) groups excluding carboxylic acids is 1. The number of rotatable bonds is 6. The minimum Gasteiger partial charge on any atom is -0.491 e. The Morgan fingerprint density at radius 1 is 1.21 bits per heavy atom. The van der Waals surface area contributed by atoms with Crippen LogP contribution < -0.4 is 10.1 Å². The molecule has 1 atom stereocenters. The zero-order valence-electron chi connectivity index (χ0n) is 14.0. The highest BCUT2D eigenvalue weighted by atomic mass is 16.5. The first kappa shape index (κ1) is 17.5. The Balaban J connectivity index is 2.20. The van der Waals surface area contributed by atoms with Crippen LogP contribution in [0.15, 0.2) is 42.5 Å². The van der Waals surface area contributed by atoms with Crippen molar-refractivity contribution >= 4 is 17.6 Å². The number of hydrogen-bond donors (Lipinski definition) is 2. The van der Waals surface area contributed by atoms with E-state index in [1.807, 2.05) is 13.8 Å². The van der Waals surface area contributed by atoms with Gasteiger partial charge in [-0.25, -0.2) is 4.79 Å². The van der Waals surface area contributed by atoms with Gasteiger partial charge in [-0.15, -0.1) is 0 Å². The van der Waals surface area contributed by atoms with Crippen molar-refractivity contribution in [3.05, 3.63) is 59.2 Å². The molecule has 0 radical (unpaired) electrons. The van der Waals surface area contributed by atoms with Crippen molar-refractivity contribution in [1.29, 1.82) is 0 Å². The van der Waals surface area contributed by atoms with Crippen LogP contribution >= 0.6 is 0 Å². The van der Waals surface area contributed by atoms with Crippen LogP contribution in [0.3, 0.4) is 0 Å². The largest absolute Gasteiger partial charge is 0.491 e. The number of nitrogens with one attached hydrogen (secondary N) is 1. The van der Waals surface area contributed by atoms with Crippen molar-refractivity contribution in [3.63, 3.8) is 0 Å². The molecule has 2 rings (SSSR count). The average molecular weight is 327 g/mol. The van der Waals surface area contributed by atoms with Gasteiger partial charge in [-0.1, -0.05) is 19.1 Å². The third kappa shape index (κ3) is 4.13. The minimum absolute atomic E-state index is 0.0674. The number of carboxylic acids is 1. The zero-order chi connectivity index (χ0) is 17.7.